The van der Waals surface area contributed by atoms with Gasteiger partial charge in [0.2, 0.25) is 10.0 Å². The Balaban J connectivity index is 2.76. The number of rotatable bonds is 6. The fraction of sp³-hybridized carbons (Fsp3) is 0.455. The summed E-state index contributed by atoms with van der Waals surface area (Å²) in [5, 5.41) is 0. The first-order valence-electron chi connectivity index (χ1n) is 5.23. The van der Waals surface area contributed by atoms with Gasteiger partial charge < -0.3 is 5.73 Å². The van der Waals surface area contributed by atoms with Crippen LogP contribution in [0, 0.1) is 0 Å². The van der Waals surface area contributed by atoms with Gasteiger partial charge in [-0.25, -0.2) is 12.7 Å². The summed E-state index contributed by atoms with van der Waals surface area (Å²) >= 11 is 1.62. The smallest absolute Gasteiger partial charge is 0.218 e. The second kappa shape index (κ2) is 6.28. The molecule has 1 aromatic carbocycles. The van der Waals surface area contributed by atoms with E-state index in [9.17, 15) is 8.42 Å². The summed E-state index contributed by atoms with van der Waals surface area (Å²) in [4.78, 5) is 0. The monoisotopic (exact) mass is 274 g/mol. The van der Waals surface area contributed by atoms with Crippen molar-refractivity contribution in [3.8, 4) is 0 Å². The molecule has 0 radical (unpaired) electrons. The largest absolute Gasteiger partial charge is 0.398 e. The van der Waals surface area contributed by atoms with Crippen molar-refractivity contribution in [2.75, 3.05) is 31.3 Å². The van der Waals surface area contributed by atoms with Crippen LogP contribution < -0.4 is 5.73 Å². The van der Waals surface area contributed by atoms with Crippen LogP contribution in [-0.4, -0.2) is 38.3 Å². The first-order chi connectivity index (χ1) is 7.97. The van der Waals surface area contributed by atoms with Crippen molar-refractivity contribution in [1.82, 2.24) is 4.31 Å². The predicted octanol–water partition coefficient (Wildman–Crippen LogP) is 1.39. The van der Waals surface area contributed by atoms with Crippen molar-refractivity contribution in [3.63, 3.8) is 0 Å². The van der Waals surface area contributed by atoms with Crippen LogP contribution in [0.2, 0.25) is 0 Å². The number of hydrogen-bond acceptors (Lipinski definition) is 4. The second-order valence-corrected chi connectivity index (χ2v) is 6.83. The number of sulfonamides is 1. The molecule has 0 saturated carbocycles. The average molecular weight is 274 g/mol. The van der Waals surface area contributed by atoms with E-state index < -0.39 is 10.0 Å². The number of para-hydroxylation sites is 1. The van der Waals surface area contributed by atoms with Crippen molar-refractivity contribution < 1.29 is 8.42 Å². The van der Waals surface area contributed by atoms with Gasteiger partial charge >= 0.3 is 0 Å². The van der Waals surface area contributed by atoms with E-state index in [2.05, 4.69) is 0 Å². The average Bonchev–Trinajstić information content (AvgIpc) is 2.28. The molecule has 6 heteroatoms. The molecule has 96 valence electrons. The molecule has 17 heavy (non-hydrogen) atoms. The number of thioether (sulfide) groups is 1. The van der Waals surface area contributed by atoms with E-state index in [4.69, 9.17) is 5.73 Å². The van der Waals surface area contributed by atoms with Gasteiger partial charge in [0.1, 0.15) is 0 Å². The van der Waals surface area contributed by atoms with Gasteiger partial charge in [-0.15, -0.1) is 0 Å². The third kappa shape index (κ3) is 4.22. The van der Waals surface area contributed by atoms with Gasteiger partial charge in [-0.3, -0.25) is 0 Å². The molecule has 0 spiro atoms. The van der Waals surface area contributed by atoms with Crippen molar-refractivity contribution in [2.45, 2.75) is 5.75 Å². The Morgan fingerprint density at radius 1 is 1.35 bits per heavy atom. The fourth-order valence-corrected chi connectivity index (χ4v) is 3.15. The van der Waals surface area contributed by atoms with Gasteiger partial charge in [0.25, 0.3) is 0 Å². The Bertz CT molecular complexity index is 460. The Hall–Kier alpha value is -0.720. The minimum absolute atomic E-state index is 0.0371. The zero-order valence-corrected chi connectivity index (χ0v) is 11.7. The molecule has 0 aliphatic rings. The summed E-state index contributed by atoms with van der Waals surface area (Å²) in [6, 6.07) is 7.05. The zero-order chi connectivity index (χ0) is 12.9. The third-order valence-electron chi connectivity index (χ3n) is 2.48. The van der Waals surface area contributed by atoms with Gasteiger partial charge in [-0.1, -0.05) is 18.2 Å². The minimum Gasteiger partial charge on any atom is -0.398 e. The SMILES string of the molecule is CSCCN(C)S(=O)(=O)Cc1ccccc1N. The van der Waals surface area contributed by atoms with Crippen LogP contribution in [0.25, 0.3) is 0 Å². The maximum absolute atomic E-state index is 12.0. The molecular weight excluding hydrogens is 256 g/mol. The molecule has 4 nitrogen and oxygen atoms in total. The van der Waals surface area contributed by atoms with Crippen LogP contribution in [0.4, 0.5) is 5.69 Å². The summed E-state index contributed by atoms with van der Waals surface area (Å²) in [6.45, 7) is 0.524. The van der Waals surface area contributed by atoms with Gasteiger partial charge in [-0.05, 0) is 17.9 Å². The topological polar surface area (TPSA) is 63.4 Å². The minimum atomic E-state index is -3.27. The summed E-state index contributed by atoms with van der Waals surface area (Å²) < 4.78 is 25.4. The molecule has 0 aliphatic carbocycles. The zero-order valence-electron chi connectivity index (χ0n) is 10.1. The van der Waals surface area contributed by atoms with Crippen molar-refractivity contribution in [3.05, 3.63) is 29.8 Å². The molecule has 0 bridgehead atoms. The maximum Gasteiger partial charge on any atom is 0.218 e. The number of anilines is 1. The quantitative estimate of drug-likeness (QED) is 0.796. The summed E-state index contributed by atoms with van der Waals surface area (Å²) in [6.07, 6.45) is 1.95. The summed E-state index contributed by atoms with van der Waals surface area (Å²) in [5.41, 5.74) is 6.92. The lowest BCUT2D eigenvalue weighted by atomic mass is 10.2. The number of benzene rings is 1. The van der Waals surface area contributed by atoms with Crippen LogP contribution in [-0.2, 0) is 15.8 Å². The molecule has 0 atom stereocenters. The number of nitrogen functional groups attached to an aromatic ring is 1. The molecule has 0 amide bonds. The summed E-state index contributed by atoms with van der Waals surface area (Å²) in [5.74, 6) is 0.755. The van der Waals surface area contributed by atoms with E-state index in [1.807, 2.05) is 6.26 Å². The molecule has 1 aromatic rings. The molecule has 0 fully saturated rings. The molecule has 0 heterocycles. The van der Waals surface area contributed by atoms with Crippen molar-refractivity contribution >= 4 is 27.5 Å². The molecule has 0 unspecified atom stereocenters. The Morgan fingerprint density at radius 2 is 2.00 bits per heavy atom. The van der Waals surface area contributed by atoms with E-state index >= 15 is 0 Å². The van der Waals surface area contributed by atoms with Crippen molar-refractivity contribution in [2.24, 2.45) is 0 Å². The lowest BCUT2D eigenvalue weighted by Crippen LogP contribution is -2.30. The van der Waals surface area contributed by atoms with Crippen LogP contribution >= 0.6 is 11.8 Å². The summed E-state index contributed by atoms with van der Waals surface area (Å²) in [7, 11) is -1.67. The molecule has 0 saturated heterocycles. The highest BCUT2D eigenvalue weighted by molar-refractivity contribution is 7.98. The molecule has 0 aliphatic heterocycles. The molecule has 2 N–H and O–H groups in total. The lowest BCUT2D eigenvalue weighted by molar-refractivity contribution is 0.488. The van der Waals surface area contributed by atoms with Crippen LogP contribution in [0.1, 0.15) is 5.56 Å². The van der Waals surface area contributed by atoms with Gasteiger partial charge in [0.15, 0.2) is 0 Å². The van der Waals surface area contributed by atoms with E-state index in [0.29, 0.717) is 17.8 Å². The highest BCUT2D eigenvalue weighted by Gasteiger charge is 2.18. The van der Waals surface area contributed by atoms with E-state index in [1.165, 1.54) is 4.31 Å². The predicted molar refractivity (Wildman–Crippen MR) is 74.5 cm³/mol. The second-order valence-electron chi connectivity index (χ2n) is 3.77. The van der Waals surface area contributed by atoms with E-state index in [-0.39, 0.29) is 5.75 Å². The maximum atomic E-state index is 12.0. The molecule has 1 rings (SSSR count). The Labute approximate surface area is 107 Å². The highest BCUT2D eigenvalue weighted by atomic mass is 32.2. The fourth-order valence-electron chi connectivity index (χ4n) is 1.33. The van der Waals surface area contributed by atoms with Gasteiger partial charge in [0, 0.05) is 25.0 Å². The standard InChI is InChI=1S/C11H18N2O2S2/c1-13(7-8-16-2)17(14,15)9-10-5-3-4-6-11(10)12/h3-6H,7-9,12H2,1-2H3. The van der Waals surface area contributed by atoms with Crippen LogP contribution in [0.3, 0.4) is 0 Å². The molecular formula is C11H18N2O2S2. The normalized spacial score (nSPS) is 11.9. The lowest BCUT2D eigenvalue weighted by Gasteiger charge is -2.17. The van der Waals surface area contributed by atoms with E-state index in [1.54, 1.807) is 43.1 Å². The van der Waals surface area contributed by atoms with Crippen molar-refractivity contribution in [1.29, 1.82) is 0 Å². The highest BCUT2D eigenvalue weighted by Crippen LogP contribution is 2.16. The molecule has 0 aromatic heterocycles. The van der Waals surface area contributed by atoms with Crippen LogP contribution in [0.5, 0.6) is 0 Å². The van der Waals surface area contributed by atoms with Gasteiger partial charge in [-0.2, -0.15) is 11.8 Å². The first-order valence-corrected chi connectivity index (χ1v) is 8.24. The van der Waals surface area contributed by atoms with Crippen LogP contribution in [0.15, 0.2) is 24.3 Å². The third-order valence-corrected chi connectivity index (χ3v) is 4.88. The Morgan fingerprint density at radius 3 is 2.59 bits per heavy atom. The van der Waals surface area contributed by atoms with Gasteiger partial charge in [0.05, 0.1) is 5.75 Å². The van der Waals surface area contributed by atoms with E-state index in [0.717, 1.165) is 5.75 Å². The number of nitrogens with zero attached hydrogens (tertiary/aromatic N) is 1. The number of nitrogens with two attached hydrogens (primary N) is 1. The first kappa shape index (κ1) is 14.3. The Kier molecular flexibility index (Phi) is 5.30. The number of hydrogen-bond donors (Lipinski definition) is 1.